The molecule has 0 saturated carbocycles. The van der Waals surface area contributed by atoms with Gasteiger partial charge < -0.3 is 18.9 Å². The van der Waals surface area contributed by atoms with E-state index in [4.69, 9.17) is 14.2 Å². The molecular weight excluding hydrogens is 367 g/mol. The Morgan fingerprint density at radius 2 is 1.39 bits per heavy atom. The van der Waals surface area contributed by atoms with E-state index in [1.807, 2.05) is 0 Å². The lowest BCUT2D eigenvalue weighted by molar-refractivity contribution is -0.134. The molecule has 0 radical (unpaired) electrons. The first kappa shape index (κ1) is 20.7. The third-order valence-corrected chi connectivity index (χ3v) is 3.88. The summed E-state index contributed by atoms with van der Waals surface area (Å²) in [6.45, 7) is 8.34. The first-order chi connectivity index (χ1) is 13.3. The van der Waals surface area contributed by atoms with Crippen LogP contribution in [0, 0.1) is 12.7 Å². The largest absolute Gasteiger partial charge is 0.490 e. The van der Waals surface area contributed by atoms with Crippen molar-refractivity contribution in [2.24, 2.45) is 0 Å². The van der Waals surface area contributed by atoms with E-state index < -0.39 is 17.8 Å². The lowest BCUT2D eigenvalue weighted by Crippen LogP contribution is -2.13. The minimum atomic E-state index is -0.877. The molecule has 0 N–H and O–H groups in total. The molecule has 2 aromatic carbocycles. The SMILES string of the molecule is C=C(OC)C(=O)Oc1ccc(-c2ccc(OC(=O)C(=C)OC)c(F)c2C)cc1. The van der Waals surface area contributed by atoms with Crippen LogP contribution in [0.5, 0.6) is 11.5 Å². The van der Waals surface area contributed by atoms with Gasteiger partial charge in [-0.2, -0.15) is 0 Å². The first-order valence-electron chi connectivity index (χ1n) is 8.08. The van der Waals surface area contributed by atoms with E-state index in [0.29, 0.717) is 11.1 Å². The number of hydrogen-bond donors (Lipinski definition) is 0. The van der Waals surface area contributed by atoms with E-state index in [1.165, 1.54) is 20.3 Å². The van der Waals surface area contributed by atoms with Crippen molar-refractivity contribution < 1.29 is 32.9 Å². The molecule has 0 aliphatic heterocycles. The van der Waals surface area contributed by atoms with E-state index in [9.17, 15) is 14.0 Å². The van der Waals surface area contributed by atoms with Gasteiger partial charge in [-0.1, -0.05) is 18.2 Å². The highest BCUT2D eigenvalue weighted by molar-refractivity contribution is 5.88. The fraction of sp³-hybridized carbons (Fsp3) is 0.143. The summed E-state index contributed by atoms with van der Waals surface area (Å²) in [6, 6.07) is 9.41. The molecule has 0 heterocycles. The van der Waals surface area contributed by atoms with Gasteiger partial charge in [0.2, 0.25) is 0 Å². The normalized spacial score (nSPS) is 10.0. The van der Waals surface area contributed by atoms with Crippen LogP contribution in [-0.2, 0) is 19.1 Å². The van der Waals surface area contributed by atoms with Crippen LogP contribution in [0.2, 0.25) is 0 Å². The second-order valence-corrected chi connectivity index (χ2v) is 5.61. The monoisotopic (exact) mass is 386 g/mol. The van der Waals surface area contributed by atoms with E-state index in [2.05, 4.69) is 17.9 Å². The molecule has 2 aromatic rings. The van der Waals surface area contributed by atoms with Crippen molar-refractivity contribution in [2.75, 3.05) is 14.2 Å². The molecular formula is C21H19FO6. The Morgan fingerprint density at radius 3 is 1.93 bits per heavy atom. The van der Waals surface area contributed by atoms with Crippen molar-refractivity contribution in [3.05, 3.63) is 72.5 Å². The summed E-state index contributed by atoms with van der Waals surface area (Å²) in [5.74, 6) is -2.56. The summed E-state index contributed by atoms with van der Waals surface area (Å²) in [5, 5.41) is 0. The van der Waals surface area contributed by atoms with Crippen LogP contribution in [-0.4, -0.2) is 26.2 Å². The standard InChI is InChI=1S/C21H19FO6/c1-12-17(10-11-18(19(12)22)28-21(24)14(3)26-5)15-6-8-16(9-7-15)27-20(23)13(2)25-4/h6-11H,2-3H2,1,4-5H3. The van der Waals surface area contributed by atoms with Crippen LogP contribution >= 0.6 is 0 Å². The molecule has 0 aliphatic carbocycles. The minimum Gasteiger partial charge on any atom is -0.490 e. The van der Waals surface area contributed by atoms with Gasteiger partial charge in [0.25, 0.3) is 0 Å². The highest BCUT2D eigenvalue weighted by Gasteiger charge is 2.17. The summed E-state index contributed by atoms with van der Waals surface area (Å²) in [7, 11) is 2.58. The van der Waals surface area contributed by atoms with Gasteiger partial charge in [-0.3, -0.25) is 0 Å². The Labute approximate surface area is 161 Å². The van der Waals surface area contributed by atoms with Crippen LogP contribution in [0.3, 0.4) is 0 Å². The van der Waals surface area contributed by atoms with Crippen LogP contribution in [0.4, 0.5) is 4.39 Å². The zero-order chi connectivity index (χ0) is 20.8. The van der Waals surface area contributed by atoms with Gasteiger partial charge in [0.05, 0.1) is 14.2 Å². The van der Waals surface area contributed by atoms with Gasteiger partial charge >= 0.3 is 11.9 Å². The average Bonchev–Trinajstić information content (AvgIpc) is 2.70. The third kappa shape index (κ3) is 4.56. The molecule has 7 heteroatoms. The van der Waals surface area contributed by atoms with E-state index in [-0.39, 0.29) is 28.6 Å². The number of methoxy groups -OCH3 is 2. The molecule has 6 nitrogen and oxygen atoms in total. The molecule has 0 amide bonds. The number of carbonyl (C=O) groups is 2. The van der Waals surface area contributed by atoms with Gasteiger partial charge in [-0.25, -0.2) is 14.0 Å². The lowest BCUT2D eigenvalue weighted by Gasteiger charge is -2.12. The smallest absolute Gasteiger partial charge is 0.378 e. The molecule has 0 bridgehead atoms. The number of ether oxygens (including phenoxy) is 4. The highest BCUT2D eigenvalue weighted by atomic mass is 19.1. The second kappa shape index (κ2) is 8.85. The Hall–Kier alpha value is -3.61. The molecule has 0 aromatic heterocycles. The predicted octanol–water partition coefficient (Wildman–Crippen LogP) is 3.93. The van der Waals surface area contributed by atoms with Crippen molar-refractivity contribution >= 4 is 11.9 Å². The molecule has 0 aliphatic rings. The van der Waals surface area contributed by atoms with Crippen molar-refractivity contribution in [1.29, 1.82) is 0 Å². The van der Waals surface area contributed by atoms with Crippen LogP contribution < -0.4 is 9.47 Å². The highest BCUT2D eigenvalue weighted by Crippen LogP contribution is 2.31. The summed E-state index contributed by atoms with van der Waals surface area (Å²) < 4.78 is 34.0. The van der Waals surface area contributed by atoms with Gasteiger partial charge in [-0.05, 0) is 55.0 Å². The van der Waals surface area contributed by atoms with Crippen molar-refractivity contribution in [2.45, 2.75) is 6.92 Å². The van der Waals surface area contributed by atoms with Gasteiger partial charge in [0, 0.05) is 0 Å². The average molecular weight is 386 g/mol. The van der Waals surface area contributed by atoms with Crippen LogP contribution in [0.15, 0.2) is 61.1 Å². The molecule has 146 valence electrons. The van der Waals surface area contributed by atoms with Gasteiger partial charge in [0.15, 0.2) is 23.1 Å². The first-order valence-corrected chi connectivity index (χ1v) is 8.08. The quantitative estimate of drug-likeness (QED) is 0.311. The maximum Gasteiger partial charge on any atom is 0.378 e. The van der Waals surface area contributed by atoms with Crippen LogP contribution in [0.1, 0.15) is 5.56 Å². The summed E-state index contributed by atoms with van der Waals surface area (Å²) in [4.78, 5) is 23.3. The molecule has 0 fully saturated rings. The van der Waals surface area contributed by atoms with E-state index in [1.54, 1.807) is 37.3 Å². The Kier molecular flexibility index (Phi) is 6.55. The fourth-order valence-corrected chi connectivity index (χ4v) is 2.24. The maximum absolute atomic E-state index is 14.6. The van der Waals surface area contributed by atoms with Crippen molar-refractivity contribution in [1.82, 2.24) is 0 Å². The number of halogens is 1. The second-order valence-electron chi connectivity index (χ2n) is 5.61. The number of hydrogen-bond acceptors (Lipinski definition) is 6. The number of carbonyl (C=O) groups excluding carboxylic acids is 2. The Bertz CT molecular complexity index is 931. The van der Waals surface area contributed by atoms with Gasteiger partial charge in [-0.15, -0.1) is 0 Å². The van der Waals surface area contributed by atoms with Crippen molar-refractivity contribution in [3.8, 4) is 22.6 Å². The molecule has 0 saturated heterocycles. The Balaban J connectivity index is 2.23. The van der Waals surface area contributed by atoms with E-state index >= 15 is 0 Å². The van der Waals surface area contributed by atoms with E-state index in [0.717, 1.165) is 0 Å². The van der Waals surface area contributed by atoms with Crippen LogP contribution in [0.25, 0.3) is 11.1 Å². The molecule has 28 heavy (non-hydrogen) atoms. The summed E-state index contributed by atoms with van der Waals surface area (Å²) in [5.41, 5.74) is 1.55. The zero-order valence-corrected chi connectivity index (χ0v) is 15.7. The lowest BCUT2D eigenvalue weighted by atomic mass is 10.00. The molecule has 0 unspecified atom stereocenters. The summed E-state index contributed by atoms with van der Waals surface area (Å²) >= 11 is 0. The minimum absolute atomic E-state index is 0.122. The summed E-state index contributed by atoms with van der Waals surface area (Å²) in [6.07, 6.45) is 0. The zero-order valence-electron chi connectivity index (χ0n) is 15.7. The molecule has 0 spiro atoms. The van der Waals surface area contributed by atoms with Gasteiger partial charge in [0.1, 0.15) is 5.75 Å². The maximum atomic E-state index is 14.6. The molecule has 0 atom stereocenters. The van der Waals surface area contributed by atoms with Crippen molar-refractivity contribution in [3.63, 3.8) is 0 Å². The number of benzene rings is 2. The topological polar surface area (TPSA) is 71.1 Å². The number of rotatable bonds is 7. The third-order valence-electron chi connectivity index (χ3n) is 3.88. The molecule has 2 rings (SSSR count). The number of esters is 2. The predicted molar refractivity (Wildman–Crippen MR) is 100 cm³/mol. The fourth-order valence-electron chi connectivity index (χ4n) is 2.24. The Morgan fingerprint density at radius 1 is 0.857 bits per heavy atom.